The fourth-order valence-corrected chi connectivity index (χ4v) is 5.41. The number of hydrogen-bond donors (Lipinski definition) is 3. The van der Waals surface area contributed by atoms with Gasteiger partial charge in [-0.2, -0.15) is 0 Å². The highest BCUT2D eigenvalue weighted by Crippen LogP contribution is 2.39. The fourth-order valence-electron chi connectivity index (χ4n) is 3.54. The minimum absolute atomic E-state index is 0.201. The third-order valence-electron chi connectivity index (χ3n) is 5.28. The largest absolute Gasteiger partial charge is 0.482 e. The average Bonchev–Trinajstić information content (AvgIpc) is 3.31. The van der Waals surface area contributed by atoms with E-state index in [0.717, 1.165) is 25.2 Å². The molecule has 1 aliphatic rings. The van der Waals surface area contributed by atoms with Crippen LogP contribution in [0.5, 0.6) is 5.75 Å². The quantitative estimate of drug-likeness (QED) is 0.318. The monoisotopic (exact) mass is 517 g/mol. The topological polar surface area (TPSA) is 118 Å². The van der Waals surface area contributed by atoms with Gasteiger partial charge in [-0.05, 0) is 54.6 Å². The molecule has 0 saturated carbocycles. The Morgan fingerprint density at radius 2 is 1.83 bits per heavy atom. The summed E-state index contributed by atoms with van der Waals surface area (Å²) in [4.78, 5) is 43.1. The fraction of sp³-hybridized carbons (Fsp3) is 0.0769. The summed E-state index contributed by atoms with van der Waals surface area (Å²) in [5.41, 5.74) is 2.51. The van der Waals surface area contributed by atoms with Crippen molar-refractivity contribution in [3.8, 4) is 16.3 Å². The molecule has 0 saturated heterocycles. The Morgan fingerprint density at radius 1 is 1.03 bits per heavy atom. The summed E-state index contributed by atoms with van der Waals surface area (Å²) in [7, 11) is 0. The van der Waals surface area contributed by atoms with E-state index in [0.29, 0.717) is 29.1 Å². The summed E-state index contributed by atoms with van der Waals surface area (Å²) in [6.07, 6.45) is 1.71. The van der Waals surface area contributed by atoms with E-state index in [-0.39, 0.29) is 11.8 Å². The number of amides is 2. The van der Waals surface area contributed by atoms with E-state index in [1.54, 1.807) is 48.7 Å². The number of carbonyl (C=O) groups excluding carboxylic acids is 2. The molecule has 2 amide bonds. The van der Waals surface area contributed by atoms with Crippen LogP contribution in [0, 0.1) is 0 Å². The lowest BCUT2D eigenvalue weighted by Crippen LogP contribution is -2.22. The molecule has 0 spiro atoms. The molecular weight excluding hydrogens is 498 g/mol. The van der Waals surface area contributed by atoms with Crippen LogP contribution in [0.25, 0.3) is 10.6 Å². The smallest absolute Gasteiger partial charge is 0.341 e. The molecule has 0 atom stereocenters. The third-order valence-corrected chi connectivity index (χ3v) is 7.48. The van der Waals surface area contributed by atoms with Crippen molar-refractivity contribution in [1.82, 2.24) is 10.3 Å². The van der Waals surface area contributed by atoms with Crippen molar-refractivity contribution in [3.05, 3.63) is 88.9 Å². The first-order valence-electron chi connectivity index (χ1n) is 10.9. The molecule has 3 N–H and O–H groups in total. The minimum Gasteiger partial charge on any atom is -0.482 e. The number of aromatic nitrogens is 1. The molecule has 1 aromatic heterocycles. The lowest BCUT2D eigenvalue weighted by Gasteiger charge is -2.09. The first-order chi connectivity index (χ1) is 17.5. The van der Waals surface area contributed by atoms with E-state index in [1.165, 1.54) is 23.1 Å². The van der Waals surface area contributed by atoms with Crippen molar-refractivity contribution in [2.45, 2.75) is 16.3 Å². The standard InChI is InChI=1S/C26H19N3O5S2/c30-23(31)14-34-17-8-5-15(6-9-17)26-28-13-18(35-26)12-27-24(32)16-7-10-22-20(11-16)29-25(33)19-3-1-2-4-21(19)36-22/h1-11,13H,12,14H2,(H,27,32)(H,29,33)(H,30,31). The highest BCUT2D eigenvalue weighted by atomic mass is 32.2. The molecule has 2 heterocycles. The van der Waals surface area contributed by atoms with Crippen molar-refractivity contribution < 1.29 is 24.2 Å². The second kappa shape index (κ2) is 10.2. The maximum absolute atomic E-state index is 12.8. The van der Waals surface area contributed by atoms with Crippen LogP contribution >= 0.6 is 23.1 Å². The van der Waals surface area contributed by atoms with Gasteiger partial charge in [0.25, 0.3) is 11.8 Å². The van der Waals surface area contributed by atoms with Crippen LogP contribution in [-0.4, -0.2) is 34.5 Å². The maximum Gasteiger partial charge on any atom is 0.341 e. The van der Waals surface area contributed by atoms with Crippen molar-refractivity contribution >= 4 is 46.6 Å². The summed E-state index contributed by atoms with van der Waals surface area (Å²) in [6.45, 7) is -0.0938. The molecule has 0 aliphatic carbocycles. The molecule has 180 valence electrons. The number of anilines is 1. The van der Waals surface area contributed by atoms with Crippen LogP contribution in [0.2, 0.25) is 0 Å². The van der Waals surface area contributed by atoms with Crippen molar-refractivity contribution in [3.63, 3.8) is 0 Å². The molecule has 0 fully saturated rings. The maximum atomic E-state index is 12.8. The SMILES string of the molecule is O=C(O)COc1ccc(-c2ncc(CNC(=O)c3ccc4c(c3)NC(=O)c3ccccc3S4)s2)cc1. The van der Waals surface area contributed by atoms with Gasteiger partial charge in [0.1, 0.15) is 10.8 Å². The zero-order valence-corrected chi connectivity index (χ0v) is 20.3. The van der Waals surface area contributed by atoms with Gasteiger partial charge < -0.3 is 20.5 Å². The van der Waals surface area contributed by atoms with E-state index >= 15 is 0 Å². The van der Waals surface area contributed by atoms with Crippen molar-refractivity contribution in [2.75, 3.05) is 11.9 Å². The highest BCUT2D eigenvalue weighted by molar-refractivity contribution is 7.99. The van der Waals surface area contributed by atoms with E-state index in [9.17, 15) is 14.4 Å². The Hall–Kier alpha value is -4.15. The molecule has 0 bridgehead atoms. The van der Waals surface area contributed by atoms with Crippen LogP contribution in [0.1, 0.15) is 25.6 Å². The van der Waals surface area contributed by atoms with Gasteiger partial charge in [0, 0.05) is 32.0 Å². The Balaban J connectivity index is 1.22. The number of hydrogen-bond acceptors (Lipinski definition) is 7. The van der Waals surface area contributed by atoms with Crippen molar-refractivity contribution in [1.29, 1.82) is 0 Å². The second-order valence-electron chi connectivity index (χ2n) is 7.78. The van der Waals surface area contributed by atoms with Crippen LogP contribution in [-0.2, 0) is 11.3 Å². The predicted molar refractivity (Wildman–Crippen MR) is 137 cm³/mol. The third kappa shape index (κ3) is 5.24. The molecule has 10 heteroatoms. The average molecular weight is 518 g/mol. The van der Waals surface area contributed by atoms with Crippen LogP contribution in [0.3, 0.4) is 0 Å². The van der Waals surface area contributed by atoms with Gasteiger partial charge in [-0.25, -0.2) is 9.78 Å². The molecular formula is C26H19N3O5S2. The highest BCUT2D eigenvalue weighted by Gasteiger charge is 2.20. The number of carbonyl (C=O) groups is 3. The Morgan fingerprint density at radius 3 is 2.64 bits per heavy atom. The molecule has 4 aromatic rings. The number of fused-ring (bicyclic) bond motifs is 2. The predicted octanol–water partition coefficient (Wildman–Crippen LogP) is 4.92. The van der Waals surface area contributed by atoms with E-state index in [4.69, 9.17) is 9.84 Å². The van der Waals surface area contributed by atoms with E-state index in [1.807, 2.05) is 24.3 Å². The molecule has 0 radical (unpaired) electrons. The summed E-state index contributed by atoms with van der Waals surface area (Å²) in [5.74, 6) is -1.03. The molecule has 1 aliphatic heterocycles. The van der Waals surface area contributed by atoms with Gasteiger partial charge in [0.15, 0.2) is 6.61 Å². The number of benzene rings is 3. The number of ether oxygens (including phenoxy) is 1. The number of thiazole rings is 1. The van der Waals surface area contributed by atoms with Crippen LogP contribution in [0.4, 0.5) is 5.69 Å². The Labute approximate surface area is 214 Å². The number of aliphatic carboxylic acids is 1. The Kier molecular flexibility index (Phi) is 6.70. The van der Waals surface area contributed by atoms with Gasteiger partial charge in [0.2, 0.25) is 0 Å². The summed E-state index contributed by atoms with van der Waals surface area (Å²) >= 11 is 2.93. The normalized spacial score (nSPS) is 12.1. The molecule has 3 aromatic carbocycles. The molecule has 5 rings (SSSR count). The molecule has 36 heavy (non-hydrogen) atoms. The van der Waals surface area contributed by atoms with Crippen molar-refractivity contribution in [2.24, 2.45) is 0 Å². The molecule has 0 unspecified atom stereocenters. The number of nitrogens with one attached hydrogen (secondary N) is 2. The first-order valence-corrected chi connectivity index (χ1v) is 12.5. The summed E-state index contributed by atoms with van der Waals surface area (Å²) < 4.78 is 5.15. The van der Waals surface area contributed by atoms with Gasteiger partial charge in [-0.1, -0.05) is 23.9 Å². The Bertz CT molecular complexity index is 1470. The molecule has 8 nitrogen and oxygen atoms in total. The first kappa shape index (κ1) is 23.6. The number of nitrogens with zero attached hydrogens (tertiary/aromatic N) is 1. The minimum atomic E-state index is -1.04. The number of carboxylic acid groups (broad SMARTS) is 1. The second-order valence-corrected chi connectivity index (χ2v) is 9.98. The van der Waals surface area contributed by atoms with Gasteiger partial charge in [-0.3, -0.25) is 9.59 Å². The van der Waals surface area contributed by atoms with Gasteiger partial charge in [0.05, 0.1) is 17.8 Å². The van der Waals surface area contributed by atoms with Gasteiger partial charge in [-0.15, -0.1) is 11.3 Å². The van der Waals surface area contributed by atoms with E-state index in [2.05, 4.69) is 15.6 Å². The lowest BCUT2D eigenvalue weighted by atomic mass is 10.1. The number of carboxylic acids is 1. The van der Waals surface area contributed by atoms with E-state index < -0.39 is 12.6 Å². The summed E-state index contributed by atoms with van der Waals surface area (Å²) in [5, 5.41) is 15.3. The van der Waals surface area contributed by atoms with Crippen LogP contribution in [0.15, 0.2) is 82.7 Å². The number of rotatable bonds is 7. The zero-order valence-electron chi connectivity index (χ0n) is 18.7. The van der Waals surface area contributed by atoms with Gasteiger partial charge >= 0.3 is 5.97 Å². The lowest BCUT2D eigenvalue weighted by molar-refractivity contribution is -0.139. The van der Waals surface area contributed by atoms with Crippen LogP contribution < -0.4 is 15.4 Å². The zero-order chi connectivity index (χ0) is 25.1. The summed E-state index contributed by atoms with van der Waals surface area (Å²) in [6, 6.07) is 19.7.